The molecular formula is C18H23N3O2S2. The Morgan fingerprint density at radius 2 is 2.12 bits per heavy atom. The van der Waals surface area contributed by atoms with Gasteiger partial charge in [0, 0.05) is 11.1 Å². The molecule has 3 rings (SSSR count). The maximum atomic E-state index is 12.6. The number of aryl methyl sites for hydroxylation is 2. The third-order valence-electron chi connectivity index (χ3n) is 4.29. The lowest BCUT2D eigenvalue weighted by molar-refractivity contribution is 0.0526. The summed E-state index contributed by atoms with van der Waals surface area (Å²) in [6, 6.07) is 0. The zero-order valence-corrected chi connectivity index (χ0v) is 16.3. The summed E-state index contributed by atoms with van der Waals surface area (Å²) in [6.07, 6.45) is 10.3. The van der Waals surface area contributed by atoms with Crippen molar-refractivity contribution in [3.05, 3.63) is 34.0 Å². The number of fused-ring (bicyclic) bond motifs is 1. The van der Waals surface area contributed by atoms with Crippen LogP contribution in [0.2, 0.25) is 0 Å². The smallest absolute Gasteiger partial charge is 0.341 e. The Bertz CT molecular complexity index is 779. The topological polar surface area (TPSA) is 56.1 Å². The highest BCUT2D eigenvalue weighted by molar-refractivity contribution is 7.80. The summed E-state index contributed by atoms with van der Waals surface area (Å²) in [4.78, 5) is 13.9. The number of esters is 1. The molecule has 2 heterocycles. The second-order valence-electron chi connectivity index (χ2n) is 6.24. The highest BCUT2D eigenvalue weighted by Crippen LogP contribution is 2.37. The Labute approximate surface area is 157 Å². The van der Waals surface area contributed by atoms with E-state index in [0.29, 0.717) is 17.3 Å². The van der Waals surface area contributed by atoms with Crippen LogP contribution < -0.4 is 5.32 Å². The molecule has 2 aromatic heterocycles. The van der Waals surface area contributed by atoms with Gasteiger partial charge in [-0.1, -0.05) is 12.8 Å². The first kappa shape index (κ1) is 18.1. The van der Waals surface area contributed by atoms with Crippen LogP contribution in [0.3, 0.4) is 0 Å². The summed E-state index contributed by atoms with van der Waals surface area (Å²) in [5.74, 6) is -0.262. The number of aromatic nitrogens is 2. The molecule has 1 aliphatic rings. The van der Waals surface area contributed by atoms with Gasteiger partial charge in [0.2, 0.25) is 0 Å². The first-order valence-electron chi connectivity index (χ1n) is 8.74. The highest BCUT2D eigenvalue weighted by atomic mass is 32.1. The quantitative estimate of drug-likeness (QED) is 0.637. The third-order valence-corrected chi connectivity index (χ3v) is 5.79. The maximum absolute atomic E-state index is 12.6. The summed E-state index contributed by atoms with van der Waals surface area (Å²) in [6.45, 7) is 4.16. The SMILES string of the molecule is CCOC(=O)c1c(NC(=S)n2cc(C)cn2)sc2c1CCCCCC2. The van der Waals surface area contributed by atoms with Gasteiger partial charge in [0.1, 0.15) is 5.00 Å². The highest BCUT2D eigenvalue weighted by Gasteiger charge is 2.26. The summed E-state index contributed by atoms with van der Waals surface area (Å²) in [7, 11) is 0. The van der Waals surface area contributed by atoms with Crippen LogP contribution in [-0.2, 0) is 17.6 Å². The van der Waals surface area contributed by atoms with Gasteiger partial charge < -0.3 is 10.1 Å². The van der Waals surface area contributed by atoms with Gasteiger partial charge >= 0.3 is 5.97 Å². The average molecular weight is 378 g/mol. The number of thiocarbonyl (C=S) groups is 1. The predicted octanol–water partition coefficient (Wildman–Crippen LogP) is 4.33. The number of thiophene rings is 1. The van der Waals surface area contributed by atoms with Crippen molar-refractivity contribution in [3.63, 3.8) is 0 Å². The fourth-order valence-corrected chi connectivity index (χ4v) is 4.65. The first-order valence-corrected chi connectivity index (χ1v) is 9.97. The van der Waals surface area contributed by atoms with Gasteiger partial charge in [-0.2, -0.15) is 5.10 Å². The molecule has 2 aromatic rings. The third kappa shape index (κ3) is 4.10. The second-order valence-corrected chi connectivity index (χ2v) is 7.73. The molecule has 1 N–H and O–H groups in total. The van der Waals surface area contributed by atoms with Crippen molar-refractivity contribution in [1.82, 2.24) is 9.78 Å². The molecule has 25 heavy (non-hydrogen) atoms. The zero-order valence-electron chi connectivity index (χ0n) is 14.6. The van der Waals surface area contributed by atoms with Crippen LogP contribution >= 0.6 is 23.6 Å². The van der Waals surface area contributed by atoms with Crippen LogP contribution in [-0.4, -0.2) is 27.5 Å². The molecule has 0 aromatic carbocycles. The van der Waals surface area contributed by atoms with E-state index in [1.807, 2.05) is 20.0 Å². The van der Waals surface area contributed by atoms with Crippen LogP contribution in [0.5, 0.6) is 0 Å². The molecule has 0 spiro atoms. The van der Waals surface area contributed by atoms with Crippen LogP contribution in [0.4, 0.5) is 5.00 Å². The van der Waals surface area contributed by atoms with Crippen molar-refractivity contribution in [2.45, 2.75) is 52.4 Å². The zero-order chi connectivity index (χ0) is 17.8. The molecule has 1 aliphatic carbocycles. The van der Waals surface area contributed by atoms with Crippen LogP contribution in [0.25, 0.3) is 0 Å². The van der Waals surface area contributed by atoms with E-state index in [2.05, 4.69) is 10.4 Å². The van der Waals surface area contributed by atoms with E-state index in [4.69, 9.17) is 17.0 Å². The van der Waals surface area contributed by atoms with E-state index in [1.165, 1.54) is 17.7 Å². The molecule has 0 fully saturated rings. The van der Waals surface area contributed by atoms with Crippen LogP contribution in [0.1, 0.15) is 59.0 Å². The number of hydrogen-bond donors (Lipinski definition) is 1. The Balaban J connectivity index is 1.94. The minimum atomic E-state index is -0.262. The fraction of sp³-hybridized carbons (Fsp3) is 0.500. The number of anilines is 1. The van der Waals surface area contributed by atoms with Crippen LogP contribution in [0.15, 0.2) is 12.4 Å². The van der Waals surface area contributed by atoms with Gasteiger partial charge in [0.15, 0.2) is 5.11 Å². The number of hydrogen-bond acceptors (Lipinski definition) is 5. The Hall–Kier alpha value is -1.73. The van der Waals surface area contributed by atoms with E-state index >= 15 is 0 Å². The molecule has 0 aliphatic heterocycles. The summed E-state index contributed by atoms with van der Waals surface area (Å²) in [5, 5.41) is 8.71. The molecule has 134 valence electrons. The number of ether oxygens (including phenoxy) is 1. The standard InChI is InChI=1S/C18H23N3O2S2/c1-3-23-17(22)15-13-8-6-4-5-7-9-14(13)25-16(15)20-18(24)21-11-12(2)10-19-21/h10-11H,3-9H2,1-2H3,(H,20,24). The van der Waals surface area contributed by atoms with Crippen molar-refractivity contribution in [2.75, 3.05) is 11.9 Å². The minimum absolute atomic E-state index is 0.262. The molecule has 7 heteroatoms. The van der Waals surface area contributed by atoms with Crippen molar-refractivity contribution in [1.29, 1.82) is 0 Å². The predicted molar refractivity (Wildman–Crippen MR) is 105 cm³/mol. The molecule has 0 bridgehead atoms. The number of carbonyl (C=O) groups is 1. The molecule has 0 radical (unpaired) electrons. The van der Waals surface area contributed by atoms with Crippen molar-refractivity contribution < 1.29 is 9.53 Å². The van der Waals surface area contributed by atoms with Gasteiger partial charge in [-0.15, -0.1) is 11.3 Å². The Kier molecular flexibility index (Phi) is 5.86. The first-order chi connectivity index (χ1) is 12.1. The molecule has 0 saturated carbocycles. The molecule has 0 atom stereocenters. The molecule has 0 amide bonds. The molecule has 0 saturated heterocycles. The van der Waals surface area contributed by atoms with E-state index in [0.717, 1.165) is 41.8 Å². The Morgan fingerprint density at radius 1 is 1.36 bits per heavy atom. The van der Waals surface area contributed by atoms with Gasteiger partial charge in [0.25, 0.3) is 0 Å². The lowest BCUT2D eigenvalue weighted by atomic mass is 9.96. The van der Waals surface area contributed by atoms with Crippen LogP contribution in [0, 0.1) is 6.92 Å². The normalized spacial score (nSPS) is 14.3. The second kappa shape index (κ2) is 8.10. The lowest BCUT2D eigenvalue weighted by Crippen LogP contribution is -2.20. The fourth-order valence-electron chi connectivity index (χ4n) is 3.10. The van der Waals surface area contributed by atoms with Crippen molar-refractivity contribution in [3.8, 4) is 0 Å². The van der Waals surface area contributed by atoms with Gasteiger partial charge in [-0.25, -0.2) is 9.48 Å². The number of nitrogens with zero attached hydrogens (tertiary/aromatic N) is 2. The van der Waals surface area contributed by atoms with Gasteiger partial charge in [-0.05, 0) is 62.9 Å². The monoisotopic (exact) mass is 377 g/mol. The summed E-state index contributed by atoms with van der Waals surface area (Å²) in [5.41, 5.74) is 2.84. The van der Waals surface area contributed by atoms with Gasteiger partial charge in [-0.3, -0.25) is 0 Å². The molecular weight excluding hydrogens is 354 g/mol. The van der Waals surface area contributed by atoms with E-state index in [-0.39, 0.29) is 5.97 Å². The van der Waals surface area contributed by atoms with E-state index in [9.17, 15) is 4.79 Å². The number of nitrogens with one attached hydrogen (secondary N) is 1. The minimum Gasteiger partial charge on any atom is -0.462 e. The van der Waals surface area contributed by atoms with Crippen molar-refractivity contribution >= 4 is 39.6 Å². The van der Waals surface area contributed by atoms with Gasteiger partial charge in [0.05, 0.1) is 18.4 Å². The number of rotatable bonds is 3. The molecule has 0 unspecified atom stereocenters. The summed E-state index contributed by atoms with van der Waals surface area (Å²) < 4.78 is 6.94. The maximum Gasteiger partial charge on any atom is 0.341 e. The summed E-state index contributed by atoms with van der Waals surface area (Å²) >= 11 is 7.09. The van der Waals surface area contributed by atoms with E-state index < -0.39 is 0 Å². The molecule has 5 nitrogen and oxygen atoms in total. The van der Waals surface area contributed by atoms with E-state index in [1.54, 1.807) is 22.2 Å². The van der Waals surface area contributed by atoms with Crippen molar-refractivity contribution in [2.24, 2.45) is 0 Å². The Morgan fingerprint density at radius 3 is 2.80 bits per heavy atom. The largest absolute Gasteiger partial charge is 0.462 e. The number of carbonyl (C=O) groups excluding carboxylic acids is 1. The lowest BCUT2D eigenvalue weighted by Gasteiger charge is -2.12. The average Bonchev–Trinajstić information content (AvgIpc) is 3.12.